The average molecular weight is 377 g/mol. The molecule has 3 aromatic rings. The monoisotopic (exact) mass is 377 g/mol. The number of hydrogen-bond donors (Lipinski definition) is 2. The van der Waals surface area contributed by atoms with E-state index in [0.29, 0.717) is 10.8 Å². The summed E-state index contributed by atoms with van der Waals surface area (Å²) in [6.45, 7) is 5.75. The van der Waals surface area contributed by atoms with Crippen LogP contribution in [0.15, 0.2) is 47.3 Å². The van der Waals surface area contributed by atoms with Gasteiger partial charge in [0.05, 0.1) is 6.54 Å². The molecule has 144 valence electrons. The van der Waals surface area contributed by atoms with Crippen LogP contribution in [0.2, 0.25) is 0 Å². The summed E-state index contributed by atoms with van der Waals surface area (Å²) in [6.07, 6.45) is 0. The van der Waals surface area contributed by atoms with Gasteiger partial charge in [0.1, 0.15) is 5.69 Å². The molecule has 3 rings (SSSR count). The van der Waals surface area contributed by atoms with Crippen LogP contribution in [0.25, 0.3) is 10.8 Å². The number of benzene rings is 2. The van der Waals surface area contributed by atoms with Crippen LogP contribution in [0.1, 0.15) is 27.2 Å². The number of carbonyl (C=O) groups is 2. The second-order valence-corrected chi connectivity index (χ2v) is 7.08. The molecule has 28 heavy (non-hydrogen) atoms. The molecule has 0 saturated carbocycles. The molecule has 2 N–H and O–H groups in total. The second-order valence-electron chi connectivity index (χ2n) is 7.08. The summed E-state index contributed by atoms with van der Waals surface area (Å²) in [7, 11) is 1.53. The minimum Gasteiger partial charge on any atom is -0.331 e. The zero-order valence-corrected chi connectivity index (χ0v) is 16.4. The number of anilines is 1. The lowest BCUT2D eigenvalue weighted by Gasteiger charge is -2.18. The highest BCUT2D eigenvalue weighted by atomic mass is 16.2. The first-order valence-corrected chi connectivity index (χ1v) is 9.01. The van der Waals surface area contributed by atoms with Gasteiger partial charge in [-0.3, -0.25) is 14.4 Å². The van der Waals surface area contributed by atoms with Crippen molar-refractivity contribution in [3.8, 4) is 0 Å². The van der Waals surface area contributed by atoms with Gasteiger partial charge in [-0.1, -0.05) is 35.9 Å². The Hall–Kier alpha value is -3.41. The summed E-state index contributed by atoms with van der Waals surface area (Å²) < 4.78 is 0. The number of pyridine rings is 1. The van der Waals surface area contributed by atoms with Gasteiger partial charge in [-0.05, 0) is 49.4 Å². The van der Waals surface area contributed by atoms with Gasteiger partial charge in [0.25, 0.3) is 11.5 Å². The van der Waals surface area contributed by atoms with Crippen LogP contribution < -0.4 is 10.9 Å². The molecule has 0 aliphatic carbocycles. The minimum atomic E-state index is -0.421. The summed E-state index contributed by atoms with van der Waals surface area (Å²) in [5.41, 5.74) is 3.65. The number of hydrogen-bond acceptors (Lipinski definition) is 3. The fourth-order valence-electron chi connectivity index (χ4n) is 3.38. The highest BCUT2D eigenvalue weighted by Crippen LogP contribution is 2.21. The van der Waals surface area contributed by atoms with Gasteiger partial charge in [-0.2, -0.15) is 0 Å². The Labute approximate surface area is 163 Å². The van der Waals surface area contributed by atoms with E-state index in [1.165, 1.54) is 11.9 Å². The summed E-state index contributed by atoms with van der Waals surface area (Å²) >= 11 is 0. The van der Waals surface area contributed by atoms with Crippen LogP contribution in [-0.4, -0.2) is 35.3 Å². The van der Waals surface area contributed by atoms with E-state index in [9.17, 15) is 14.4 Å². The SMILES string of the molecule is Cc1cc(C)c(NC(=O)CN(C)C(=O)c2cc3ccccc3c(=O)[nH]2)c(C)c1. The molecule has 0 aliphatic heterocycles. The Bertz CT molecular complexity index is 1110. The van der Waals surface area contributed by atoms with Crippen LogP contribution >= 0.6 is 0 Å². The van der Waals surface area contributed by atoms with Crippen molar-refractivity contribution in [3.05, 3.63) is 75.2 Å². The molecule has 0 bridgehead atoms. The number of fused-ring (bicyclic) bond motifs is 1. The Morgan fingerprint density at radius 3 is 2.36 bits per heavy atom. The molecule has 0 saturated heterocycles. The molecule has 2 amide bonds. The lowest BCUT2D eigenvalue weighted by Crippen LogP contribution is -2.36. The molecule has 1 heterocycles. The smallest absolute Gasteiger partial charge is 0.270 e. The van der Waals surface area contributed by atoms with Gasteiger partial charge in [-0.25, -0.2) is 0 Å². The number of likely N-dealkylation sites (N-methyl/N-ethyl adjacent to an activating group) is 1. The van der Waals surface area contributed by atoms with E-state index < -0.39 is 5.91 Å². The van der Waals surface area contributed by atoms with Gasteiger partial charge in [0.2, 0.25) is 5.91 Å². The zero-order chi connectivity index (χ0) is 20.4. The molecule has 6 nitrogen and oxygen atoms in total. The number of nitrogens with one attached hydrogen (secondary N) is 2. The van der Waals surface area contributed by atoms with Crippen LogP contribution in [0.3, 0.4) is 0 Å². The van der Waals surface area contributed by atoms with Crippen molar-refractivity contribution in [1.29, 1.82) is 0 Å². The third-order valence-electron chi connectivity index (χ3n) is 4.65. The van der Waals surface area contributed by atoms with Crippen molar-refractivity contribution in [1.82, 2.24) is 9.88 Å². The molecular formula is C22H23N3O3. The molecular weight excluding hydrogens is 354 g/mol. The van der Waals surface area contributed by atoms with E-state index in [-0.39, 0.29) is 23.7 Å². The molecule has 1 aromatic heterocycles. The summed E-state index contributed by atoms with van der Waals surface area (Å²) in [6, 6.07) is 12.7. The highest BCUT2D eigenvalue weighted by molar-refractivity contribution is 6.00. The number of H-pyrrole nitrogens is 1. The minimum absolute atomic E-state index is 0.125. The largest absolute Gasteiger partial charge is 0.331 e. The maximum Gasteiger partial charge on any atom is 0.270 e. The topological polar surface area (TPSA) is 82.3 Å². The summed E-state index contributed by atoms with van der Waals surface area (Å²) in [5.74, 6) is -0.718. The third kappa shape index (κ3) is 3.96. The van der Waals surface area contributed by atoms with Crippen molar-refractivity contribution in [2.24, 2.45) is 0 Å². The number of aromatic nitrogens is 1. The third-order valence-corrected chi connectivity index (χ3v) is 4.65. The van der Waals surface area contributed by atoms with Crippen LogP contribution in [0.5, 0.6) is 0 Å². The van der Waals surface area contributed by atoms with Crippen molar-refractivity contribution >= 4 is 28.3 Å². The summed E-state index contributed by atoms with van der Waals surface area (Å²) in [5, 5.41) is 4.08. The van der Waals surface area contributed by atoms with Gasteiger partial charge in [0.15, 0.2) is 0 Å². The lowest BCUT2D eigenvalue weighted by molar-refractivity contribution is -0.116. The van der Waals surface area contributed by atoms with E-state index in [4.69, 9.17) is 0 Å². The van der Waals surface area contributed by atoms with Gasteiger partial charge < -0.3 is 15.2 Å². The predicted molar refractivity (Wildman–Crippen MR) is 111 cm³/mol. The van der Waals surface area contributed by atoms with E-state index >= 15 is 0 Å². The molecule has 0 fully saturated rings. The maximum atomic E-state index is 12.7. The Morgan fingerprint density at radius 2 is 1.68 bits per heavy atom. The first-order valence-electron chi connectivity index (χ1n) is 9.01. The van der Waals surface area contributed by atoms with Gasteiger partial charge >= 0.3 is 0 Å². The number of aryl methyl sites for hydroxylation is 3. The Kier molecular flexibility index (Phi) is 5.31. The maximum absolute atomic E-state index is 12.7. The van der Waals surface area contributed by atoms with Crippen LogP contribution in [0, 0.1) is 20.8 Å². The van der Waals surface area contributed by atoms with Gasteiger partial charge in [0, 0.05) is 18.1 Å². The van der Waals surface area contributed by atoms with E-state index in [1.54, 1.807) is 30.3 Å². The zero-order valence-electron chi connectivity index (χ0n) is 16.4. The van der Waals surface area contributed by atoms with E-state index in [0.717, 1.165) is 22.4 Å². The van der Waals surface area contributed by atoms with Gasteiger partial charge in [-0.15, -0.1) is 0 Å². The molecule has 0 atom stereocenters. The lowest BCUT2D eigenvalue weighted by atomic mass is 10.1. The summed E-state index contributed by atoms with van der Waals surface area (Å²) in [4.78, 5) is 41.2. The molecule has 6 heteroatoms. The normalized spacial score (nSPS) is 10.7. The molecule has 0 radical (unpaired) electrons. The van der Waals surface area contributed by atoms with E-state index in [1.807, 2.05) is 32.9 Å². The van der Waals surface area contributed by atoms with Crippen LogP contribution in [0.4, 0.5) is 5.69 Å². The van der Waals surface area contributed by atoms with Crippen molar-refractivity contribution < 1.29 is 9.59 Å². The fraction of sp³-hybridized carbons (Fsp3) is 0.227. The first kappa shape index (κ1) is 19.4. The number of amides is 2. The second kappa shape index (κ2) is 7.68. The number of aromatic amines is 1. The fourth-order valence-corrected chi connectivity index (χ4v) is 3.38. The Morgan fingerprint density at radius 1 is 1.04 bits per heavy atom. The van der Waals surface area contributed by atoms with E-state index in [2.05, 4.69) is 10.3 Å². The molecule has 2 aromatic carbocycles. The number of rotatable bonds is 4. The number of nitrogens with zero attached hydrogens (tertiary/aromatic N) is 1. The van der Waals surface area contributed by atoms with Crippen molar-refractivity contribution in [3.63, 3.8) is 0 Å². The van der Waals surface area contributed by atoms with Crippen LogP contribution in [-0.2, 0) is 4.79 Å². The first-order chi connectivity index (χ1) is 13.3. The van der Waals surface area contributed by atoms with Crippen molar-refractivity contribution in [2.75, 3.05) is 18.9 Å². The number of carbonyl (C=O) groups excluding carboxylic acids is 2. The standard InChI is InChI=1S/C22H23N3O3/c1-13-9-14(2)20(15(3)10-13)24-19(26)12-25(4)22(28)18-11-16-7-5-6-8-17(16)21(27)23-18/h5-11H,12H2,1-4H3,(H,23,27)(H,24,26). The average Bonchev–Trinajstić information content (AvgIpc) is 2.64. The predicted octanol–water partition coefficient (Wildman–Crippen LogP) is 3.16. The highest BCUT2D eigenvalue weighted by Gasteiger charge is 2.18. The Balaban J connectivity index is 1.76. The quantitative estimate of drug-likeness (QED) is 0.733. The molecule has 0 aliphatic rings. The molecule has 0 unspecified atom stereocenters. The van der Waals surface area contributed by atoms with Crippen molar-refractivity contribution in [2.45, 2.75) is 20.8 Å². The molecule has 0 spiro atoms.